The molecule has 1 rings (SSSR count). The van der Waals surface area contributed by atoms with Gasteiger partial charge in [-0.25, -0.2) is 0 Å². The van der Waals surface area contributed by atoms with Gasteiger partial charge >= 0.3 is 0 Å². The molecule has 0 heterocycles. The molecule has 1 unspecified atom stereocenters. The van der Waals surface area contributed by atoms with Crippen molar-refractivity contribution in [2.75, 3.05) is 13.2 Å². The maximum Gasteiger partial charge on any atom is 0.0620 e. The van der Waals surface area contributed by atoms with Crippen LogP contribution >= 0.6 is 27.5 Å². The largest absolute Gasteiger partial charge is 0.380 e. The molecule has 2 nitrogen and oxygen atoms in total. The zero-order valence-electron chi connectivity index (χ0n) is 9.38. The Hall–Kier alpha value is -0.0900. The molecule has 0 saturated heterocycles. The van der Waals surface area contributed by atoms with Gasteiger partial charge in [-0.05, 0) is 30.5 Å². The van der Waals surface area contributed by atoms with Crippen LogP contribution in [0.3, 0.4) is 0 Å². The number of hydrogen-bond donors (Lipinski definition) is 1. The highest BCUT2D eigenvalue weighted by molar-refractivity contribution is 9.10. The molecule has 1 aromatic carbocycles. The summed E-state index contributed by atoms with van der Waals surface area (Å²) in [7, 11) is 0. The second-order valence-corrected chi connectivity index (χ2v) is 5.10. The third-order valence-electron chi connectivity index (χ3n) is 2.18. The van der Waals surface area contributed by atoms with Crippen molar-refractivity contribution >= 4 is 27.5 Å². The summed E-state index contributed by atoms with van der Waals surface area (Å²) in [5.41, 5.74) is 7.03. The summed E-state index contributed by atoms with van der Waals surface area (Å²) in [5, 5.41) is 0.750. The fourth-order valence-corrected chi connectivity index (χ4v) is 2.16. The molecular formula is C12H17BrClNO. The quantitative estimate of drug-likeness (QED) is 0.818. The van der Waals surface area contributed by atoms with Crippen molar-refractivity contribution in [3.8, 4) is 0 Å². The van der Waals surface area contributed by atoms with Crippen LogP contribution in [0.5, 0.6) is 0 Å². The first-order chi connectivity index (χ1) is 7.63. The Kier molecular flexibility index (Phi) is 6.36. The predicted octanol–water partition coefficient (Wildman–Crippen LogP) is 3.40. The van der Waals surface area contributed by atoms with E-state index in [1.165, 1.54) is 0 Å². The first kappa shape index (κ1) is 14.0. The zero-order valence-corrected chi connectivity index (χ0v) is 11.7. The number of hydrogen-bond acceptors (Lipinski definition) is 2. The summed E-state index contributed by atoms with van der Waals surface area (Å²) in [4.78, 5) is 0. The Bertz CT molecular complexity index is 333. The smallest absolute Gasteiger partial charge is 0.0620 e. The number of rotatable bonds is 6. The van der Waals surface area contributed by atoms with Gasteiger partial charge in [0.05, 0.1) is 6.61 Å². The van der Waals surface area contributed by atoms with E-state index < -0.39 is 0 Å². The van der Waals surface area contributed by atoms with Crippen molar-refractivity contribution in [1.29, 1.82) is 0 Å². The Morgan fingerprint density at radius 2 is 2.25 bits per heavy atom. The molecule has 0 bridgehead atoms. The molecule has 90 valence electrons. The summed E-state index contributed by atoms with van der Waals surface area (Å²) in [5.74, 6) is 0. The van der Waals surface area contributed by atoms with Gasteiger partial charge in [0.2, 0.25) is 0 Å². The molecule has 0 saturated carbocycles. The highest BCUT2D eigenvalue weighted by atomic mass is 79.9. The summed E-state index contributed by atoms with van der Waals surface area (Å²) < 4.78 is 6.39. The van der Waals surface area contributed by atoms with Crippen LogP contribution in [0.1, 0.15) is 18.9 Å². The fraction of sp³-hybridized carbons (Fsp3) is 0.500. The lowest BCUT2D eigenvalue weighted by Crippen LogP contribution is -2.28. The average molecular weight is 307 g/mol. The molecular weight excluding hydrogens is 289 g/mol. The zero-order chi connectivity index (χ0) is 12.0. The van der Waals surface area contributed by atoms with Gasteiger partial charge in [-0.15, -0.1) is 0 Å². The van der Waals surface area contributed by atoms with Gasteiger partial charge in [-0.3, -0.25) is 0 Å². The lowest BCUT2D eigenvalue weighted by atomic mass is 10.1. The highest BCUT2D eigenvalue weighted by Crippen LogP contribution is 2.22. The molecule has 0 aliphatic carbocycles. The standard InChI is InChI=1S/C12H17BrClNO/c1-2-5-16-8-11(15)6-9-3-4-10(13)7-12(9)14/h3-4,7,11H,2,5-6,8,15H2,1H3. The van der Waals surface area contributed by atoms with E-state index in [0.29, 0.717) is 6.61 Å². The van der Waals surface area contributed by atoms with Crippen LogP contribution in [-0.2, 0) is 11.2 Å². The van der Waals surface area contributed by atoms with Crippen molar-refractivity contribution in [3.63, 3.8) is 0 Å². The van der Waals surface area contributed by atoms with Crippen LogP contribution in [0.15, 0.2) is 22.7 Å². The normalized spacial score (nSPS) is 12.8. The van der Waals surface area contributed by atoms with E-state index in [-0.39, 0.29) is 6.04 Å². The lowest BCUT2D eigenvalue weighted by Gasteiger charge is -2.13. The maximum absolute atomic E-state index is 6.11. The molecule has 16 heavy (non-hydrogen) atoms. The second kappa shape index (κ2) is 7.28. The summed E-state index contributed by atoms with van der Waals surface area (Å²) >= 11 is 9.48. The van der Waals surface area contributed by atoms with Crippen LogP contribution in [0.4, 0.5) is 0 Å². The lowest BCUT2D eigenvalue weighted by molar-refractivity contribution is 0.121. The van der Waals surface area contributed by atoms with Gasteiger partial charge < -0.3 is 10.5 Å². The number of ether oxygens (including phenoxy) is 1. The van der Waals surface area contributed by atoms with E-state index >= 15 is 0 Å². The van der Waals surface area contributed by atoms with Crippen molar-refractivity contribution in [1.82, 2.24) is 0 Å². The average Bonchev–Trinajstić information content (AvgIpc) is 2.23. The SMILES string of the molecule is CCCOCC(N)Cc1ccc(Br)cc1Cl. The highest BCUT2D eigenvalue weighted by Gasteiger charge is 2.07. The molecule has 0 aliphatic heterocycles. The third kappa shape index (κ3) is 4.83. The molecule has 1 atom stereocenters. The molecule has 1 aromatic rings. The number of halogens is 2. The van der Waals surface area contributed by atoms with Gasteiger partial charge in [-0.1, -0.05) is 40.5 Å². The van der Waals surface area contributed by atoms with Crippen molar-refractivity contribution in [2.24, 2.45) is 5.73 Å². The van der Waals surface area contributed by atoms with E-state index in [0.717, 1.165) is 34.5 Å². The molecule has 4 heteroatoms. The second-order valence-electron chi connectivity index (χ2n) is 3.77. The molecule has 2 N–H and O–H groups in total. The summed E-state index contributed by atoms with van der Waals surface area (Å²) in [6.07, 6.45) is 1.77. The van der Waals surface area contributed by atoms with Gasteiger partial charge in [0.15, 0.2) is 0 Å². The fourth-order valence-electron chi connectivity index (χ4n) is 1.41. The third-order valence-corrected chi connectivity index (χ3v) is 3.02. The number of benzene rings is 1. The van der Waals surface area contributed by atoms with E-state index in [2.05, 4.69) is 22.9 Å². The van der Waals surface area contributed by atoms with Gasteiger partial charge in [-0.2, -0.15) is 0 Å². The van der Waals surface area contributed by atoms with Crippen molar-refractivity contribution in [3.05, 3.63) is 33.3 Å². The van der Waals surface area contributed by atoms with Gasteiger partial charge in [0.1, 0.15) is 0 Å². The Balaban J connectivity index is 2.46. The molecule has 0 radical (unpaired) electrons. The Morgan fingerprint density at radius 3 is 2.88 bits per heavy atom. The molecule has 0 aromatic heterocycles. The van der Waals surface area contributed by atoms with Crippen molar-refractivity contribution in [2.45, 2.75) is 25.8 Å². The van der Waals surface area contributed by atoms with Gasteiger partial charge in [0.25, 0.3) is 0 Å². The monoisotopic (exact) mass is 305 g/mol. The first-order valence-electron chi connectivity index (χ1n) is 5.40. The topological polar surface area (TPSA) is 35.2 Å². The number of nitrogens with two attached hydrogens (primary N) is 1. The van der Waals surface area contributed by atoms with Gasteiger partial charge in [0, 0.05) is 22.1 Å². The minimum absolute atomic E-state index is 0.00484. The van der Waals surface area contributed by atoms with E-state index in [1.54, 1.807) is 0 Å². The summed E-state index contributed by atoms with van der Waals surface area (Å²) in [6, 6.07) is 5.86. The van der Waals surface area contributed by atoms with E-state index in [1.807, 2.05) is 18.2 Å². The Morgan fingerprint density at radius 1 is 1.50 bits per heavy atom. The van der Waals surface area contributed by atoms with Crippen molar-refractivity contribution < 1.29 is 4.74 Å². The minimum atomic E-state index is 0.00484. The molecule has 0 fully saturated rings. The first-order valence-corrected chi connectivity index (χ1v) is 6.57. The Labute approximate surface area is 110 Å². The van der Waals surface area contributed by atoms with Crippen LogP contribution < -0.4 is 5.73 Å². The van der Waals surface area contributed by atoms with E-state index in [9.17, 15) is 0 Å². The van der Waals surface area contributed by atoms with Crippen LogP contribution in [0.2, 0.25) is 5.02 Å². The maximum atomic E-state index is 6.11. The molecule has 0 aliphatic rings. The van der Waals surface area contributed by atoms with Crippen LogP contribution in [-0.4, -0.2) is 19.3 Å². The summed E-state index contributed by atoms with van der Waals surface area (Å²) in [6.45, 7) is 3.43. The molecule has 0 amide bonds. The predicted molar refractivity (Wildman–Crippen MR) is 71.9 cm³/mol. The van der Waals surface area contributed by atoms with Crippen LogP contribution in [0.25, 0.3) is 0 Å². The van der Waals surface area contributed by atoms with Crippen LogP contribution in [0, 0.1) is 0 Å². The van der Waals surface area contributed by atoms with E-state index in [4.69, 9.17) is 22.1 Å². The molecule has 0 spiro atoms. The minimum Gasteiger partial charge on any atom is -0.380 e.